The maximum Gasteiger partial charge on any atom is 0.291 e. The first kappa shape index (κ1) is 19.6. The summed E-state index contributed by atoms with van der Waals surface area (Å²) in [4.78, 5) is 28.8. The summed E-state index contributed by atoms with van der Waals surface area (Å²) in [6.45, 7) is 2.58. The molecule has 0 bridgehead atoms. The van der Waals surface area contributed by atoms with Crippen molar-refractivity contribution < 1.29 is 18.7 Å². The minimum absolute atomic E-state index is 0.115. The first-order valence-electron chi connectivity index (χ1n) is 11.0. The Hall–Kier alpha value is -4.06. The van der Waals surface area contributed by atoms with E-state index in [2.05, 4.69) is 6.92 Å². The van der Waals surface area contributed by atoms with Crippen molar-refractivity contribution in [3.05, 3.63) is 105 Å². The Labute approximate surface area is 190 Å². The quantitative estimate of drug-likeness (QED) is 0.456. The van der Waals surface area contributed by atoms with E-state index in [1.54, 1.807) is 29.2 Å². The molecule has 6 heteroatoms. The van der Waals surface area contributed by atoms with Gasteiger partial charge in [0.25, 0.3) is 5.91 Å². The summed E-state index contributed by atoms with van der Waals surface area (Å²) in [5.41, 5.74) is 3.59. The number of hydrogen-bond acceptors (Lipinski definition) is 5. The predicted molar refractivity (Wildman–Crippen MR) is 123 cm³/mol. The summed E-state index contributed by atoms with van der Waals surface area (Å²) in [6.07, 6.45) is 0.911. The predicted octanol–water partition coefficient (Wildman–Crippen LogP) is 4.83. The molecule has 0 radical (unpaired) electrons. The molecule has 6 rings (SSSR count). The van der Waals surface area contributed by atoms with Crippen LogP contribution in [0.25, 0.3) is 11.0 Å². The topological polar surface area (TPSA) is 69.0 Å². The third-order valence-electron chi connectivity index (χ3n) is 6.37. The van der Waals surface area contributed by atoms with Crippen molar-refractivity contribution in [2.24, 2.45) is 0 Å². The van der Waals surface area contributed by atoms with E-state index in [0.717, 1.165) is 17.5 Å². The Morgan fingerprint density at radius 2 is 1.67 bits per heavy atom. The Kier molecular flexibility index (Phi) is 4.47. The van der Waals surface area contributed by atoms with Gasteiger partial charge in [-0.2, -0.15) is 0 Å². The number of hydrogen-bond donors (Lipinski definition) is 0. The SMILES string of the molecule is CCc1ccc(C2c3c(oc4ccccc4c3=O)C(=O)N2Cc2ccc3c(c2)OCO3)cc1. The van der Waals surface area contributed by atoms with Crippen LogP contribution in [0.5, 0.6) is 11.5 Å². The molecule has 4 aromatic rings. The number of para-hydroxylation sites is 1. The highest BCUT2D eigenvalue weighted by Crippen LogP contribution is 2.40. The lowest BCUT2D eigenvalue weighted by atomic mass is 9.97. The molecule has 0 aliphatic carbocycles. The minimum Gasteiger partial charge on any atom is -0.454 e. The first-order valence-corrected chi connectivity index (χ1v) is 11.0. The van der Waals surface area contributed by atoms with Gasteiger partial charge in [0.1, 0.15) is 5.58 Å². The van der Waals surface area contributed by atoms with Crippen molar-refractivity contribution in [3.8, 4) is 11.5 Å². The largest absolute Gasteiger partial charge is 0.454 e. The number of carbonyl (C=O) groups is 1. The average molecular weight is 439 g/mol. The molecule has 3 aromatic carbocycles. The van der Waals surface area contributed by atoms with E-state index in [9.17, 15) is 9.59 Å². The van der Waals surface area contributed by atoms with Crippen molar-refractivity contribution >= 4 is 16.9 Å². The summed E-state index contributed by atoms with van der Waals surface area (Å²) in [5.74, 6) is 1.16. The van der Waals surface area contributed by atoms with Crippen molar-refractivity contribution in [3.63, 3.8) is 0 Å². The molecule has 0 saturated heterocycles. The van der Waals surface area contributed by atoms with E-state index in [1.807, 2.05) is 42.5 Å². The Morgan fingerprint density at radius 1 is 0.909 bits per heavy atom. The summed E-state index contributed by atoms with van der Waals surface area (Å²) < 4.78 is 16.9. The molecule has 0 saturated carbocycles. The number of ether oxygens (including phenoxy) is 2. The average Bonchev–Trinajstić information content (AvgIpc) is 3.42. The van der Waals surface area contributed by atoms with Crippen molar-refractivity contribution in [2.45, 2.75) is 25.9 Å². The monoisotopic (exact) mass is 439 g/mol. The normalized spacial score (nSPS) is 16.5. The number of rotatable bonds is 4. The zero-order chi connectivity index (χ0) is 22.5. The van der Waals surface area contributed by atoms with Crippen molar-refractivity contribution in [2.75, 3.05) is 6.79 Å². The third-order valence-corrected chi connectivity index (χ3v) is 6.37. The number of fused-ring (bicyclic) bond motifs is 3. The van der Waals surface area contributed by atoms with Gasteiger partial charge in [-0.05, 0) is 47.4 Å². The molecule has 1 unspecified atom stereocenters. The van der Waals surface area contributed by atoms with E-state index < -0.39 is 6.04 Å². The third kappa shape index (κ3) is 3.09. The smallest absolute Gasteiger partial charge is 0.291 e. The fourth-order valence-corrected chi connectivity index (χ4v) is 4.65. The van der Waals surface area contributed by atoms with Gasteiger partial charge in [0.05, 0.1) is 17.0 Å². The van der Waals surface area contributed by atoms with Crippen LogP contribution >= 0.6 is 0 Å². The molecule has 6 nitrogen and oxygen atoms in total. The Morgan fingerprint density at radius 3 is 2.48 bits per heavy atom. The molecule has 2 aliphatic rings. The standard InChI is InChI=1S/C27H21NO5/c1-2-16-7-10-18(11-8-16)24-23-25(29)19-5-3-4-6-20(19)33-26(23)27(30)28(24)14-17-9-12-21-22(13-17)32-15-31-21/h3-13,24H,2,14-15H2,1H3. The molecule has 0 spiro atoms. The van der Waals surface area contributed by atoms with Crippen LogP contribution in [0.3, 0.4) is 0 Å². The summed E-state index contributed by atoms with van der Waals surface area (Å²) in [7, 11) is 0. The Bertz CT molecular complexity index is 1450. The van der Waals surface area contributed by atoms with Gasteiger partial charge in [-0.1, -0.05) is 49.4 Å². The van der Waals surface area contributed by atoms with Gasteiger partial charge in [-0.15, -0.1) is 0 Å². The molecular weight excluding hydrogens is 418 g/mol. The van der Waals surface area contributed by atoms with E-state index in [-0.39, 0.29) is 23.9 Å². The summed E-state index contributed by atoms with van der Waals surface area (Å²) in [6, 6.07) is 20.2. The van der Waals surface area contributed by atoms with Gasteiger partial charge >= 0.3 is 0 Å². The van der Waals surface area contributed by atoms with E-state index >= 15 is 0 Å². The van der Waals surface area contributed by atoms with Crippen LogP contribution in [-0.4, -0.2) is 17.6 Å². The summed E-state index contributed by atoms with van der Waals surface area (Å²) >= 11 is 0. The molecule has 3 heterocycles. The van der Waals surface area contributed by atoms with Crippen LogP contribution in [-0.2, 0) is 13.0 Å². The minimum atomic E-state index is -0.537. The lowest BCUT2D eigenvalue weighted by Gasteiger charge is -2.25. The van der Waals surface area contributed by atoms with Gasteiger partial charge in [-0.3, -0.25) is 9.59 Å². The fourth-order valence-electron chi connectivity index (χ4n) is 4.65. The number of nitrogens with zero attached hydrogens (tertiary/aromatic N) is 1. The first-order chi connectivity index (χ1) is 16.1. The molecular formula is C27H21NO5. The maximum absolute atomic E-state index is 13.6. The molecule has 1 atom stereocenters. The number of benzene rings is 3. The molecule has 164 valence electrons. The highest BCUT2D eigenvalue weighted by molar-refractivity contribution is 5.99. The molecule has 0 fully saturated rings. The zero-order valence-electron chi connectivity index (χ0n) is 18.0. The van der Waals surface area contributed by atoms with E-state index in [1.165, 1.54) is 5.56 Å². The highest BCUT2D eigenvalue weighted by Gasteiger charge is 2.42. The van der Waals surface area contributed by atoms with Gasteiger partial charge in [0, 0.05) is 6.54 Å². The maximum atomic E-state index is 13.6. The van der Waals surface area contributed by atoms with E-state index in [4.69, 9.17) is 13.9 Å². The van der Waals surface area contributed by atoms with Crippen LogP contribution in [0.15, 0.2) is 75.9 Å². The lowest BCUT2D eigenvalue weighted by Crippen LogP contribution is -2.29. The summed E-state index contributed by atoms with van der Waals surface area (Å²) in [5, 5.41) is 0.476. The van der Waals surface area contributed by atoms with Crippen LogP contribution in [0.4, 0.5) is 0 Å². The van der Waals surface area contributed by atoms with Gasteiger partial charge < -0.3 is 18.8 Å². The van der Waals surface area contributed by atoms with E-state index in [0.29, 0.717) is 34.6 Å². The second-order valence-electron chi connectivity index (χ2n) is 8.29. The fraction of sp³-hybridized carbons (Fsp3) is 0.185. The molecule has 33 heavy (non-hydrogen) atoms. The molecule has 1 amide bonds. The molecule has 1 aromatic heterocycles. The van der Waals surface area contributed by atoms with Gasteiger partial charge in [0.15, 0.2) is 16.9 Å². The Balaban J connectivity index is 1.50. The number of amides is 1. The van der Waals surface area contributed by atoms with Crippen molar-refractivity contribution in [1.29, 1.82) is 0 Å². The molecule has 2 aliphatic heterocycles. The van der Waals surface area contributed by atoms with Crippen LogP contribution in [0.1, 0.15) is 45.8 Å². The van der Waals surface area contributed by atoms with Crippen molar-refractivity contribution in [1.82, 2.24) is 4.90 Å². The second-order valence-corrected chi connectivity index (χ2v) is 8.29. The zero-order valence-corrected chi connectivity index (χ0v) is 18.0. The van der Waals surface area contributed by atoms with Crippen LogP contribution in [0, 0.1) is 0 Å². The van der Waals surface area contributed by atoms with Gasteiger partial charge in [-0.25, -0.2) is 0 Å². The van der Waals surface area contributed by atoms with Crippen LogP contribution < -0.4 is 14.9 Å². The number of carbonyl (C=O) groups excluding carboxylic acids is 1. The number of aryl methyl sites for hydroxylation is 1. The van der Waals surface area contributed by atoms with Gasteiger partial charge in [0.2, 0.25) is 12.6 Å². The highest BCUT2D eigenvalue weighted by atomic mass is 16.7. The lowest BCUT2D eigenvalue weighted by molar-refractivity contribution is 0.0714. The van der Waals surface area contributed by atoms with Crippen LogP contribution in [0.2, 0.25) is 0 Å². The molecule has 0 N–H and O–H groups in total. The second kappa shape index (κ2) is 7.52.